The average molecular weight is 584 g/mol. The van der Waals surface area contributed by atoms with Crippen LogP contribution in [0.1, 0.15) is 44.7 Å². The quantitative estimate of drug-likeness (QED) is 0.243. The summed E-state index contributed by atoms with van der Waals surface area (Å²) in [7, 11) is 0. The van der Waals surface area contributed by atoms with Crippen molar-refractivity contribution in [3.05, 3.63) is 86.7 Å². The van der Waals surface area contributed by atoms with E-state index in [1.54, 1.807) is 52.0 Å². The fraction of sp³-hybridized carbons (Fsp3) is 0.286. The lowest BCUT2D eigenvalue weighted by atomic mass is 9.80. The van der Waals surface area contributed by atoms with Crippen LogP contribution in [0.2, 0.25) is 0 Å². The number of benzene rings is 2. The van der Waals surface area contributed by atoms with Gasteiger partial charge in [0, 0.05) is 15.9 Å². The predicted molar refractivity (Wildman–Crippen MR) is 146 cm³/mol. The normalized spacial score (nSPS) is 13.8. The Balaban J connectivity index is 1.74. The van der Waals surface area contributed by atoms with Crippen LogP contribution in [0.15, 0.2) is 80.6 Å². The van der Waals surface area contributed by atoms with Crippen molar-refractivity contribution in [1.82, 2.24) is 10.7 Å². The maximum absolute atomic E-state index is 12.9. The molecule has 0 aliphatic carbocycles. The van der Waals surface area contributed by atoms with E-state index >= 15 is 0 Å². The molecule has 200 valence electrons. The maximum atomic E-state index is 12.9. The van der Waals surface area contributed by atoms with Crippen LogP contribution >= 0.6 is 15.9 Å². The van der Waals surface area contributed by atoms with E-state index in [0.717, 1.165) is 10.0 Å². The van der Waals surface area contributed by atoms with E-state index in [1.165, 1.54) is 6.21 Å². The number of nitrogens with zero attached hydrogens (tertiary/aromatic N) is 1. The molecule has 1 aliphatic heterocycles. The Bertz CT molecular complexity index is 1230. The maximum Gasteiger partial charge on any atom is 0.336 e. The van der Waals surface area contributed by atoms with Gasteiger partial charge in [-0.1, -0.05) is 40.2 Å². The van der Waals surface area contributed by atoms with Gasteiger partial charge in [0.05, 0.1) is 36.5 Å². The van der Waals surface area contributed by atoms with Gasteiger partial charge in [0.1, 0.15) is 5.75 Å². The van der Waals surface area contributed by atoms with Gasteiger partial charge in [-0.3, -0.25) is 4.79 Å². The molecule has 0 radical (unpaired) electrons. The van der Waals surface area contributed by atoms with Gasteiger partial charge in [0.15, 0.2) is 6.61 Å². The van der Waals surface area contributed by atoms with Crippen LogP contribution in [0, 0.1) is 0 Å². The standard InChI is InChI=1S/C28H30BrN3O6/c1-5-36-27(34)24-17(3)31-18(4)25(28(35)37-6-2)26(24)20-9-13-22(14-10-20)38-16-23(33)32-30-15-19-7-11-21(29)12-8-19/h7-15,26,31H,5-6,16H2,1-4H3,(H,32,33)/b30-15+. The topological polar surface area (TPSA) is 115 Å². The van der Waals surface area contributed by atoms with Gasteiger partial charge in [-0.2, -0.15) is 5.10 Å². The summed E-state index contributed by atoms with van der Waals surface area (Å²) >= 11 is 3.36. The van der Waals surface area contributed by atoms with Gasteiger partial charge in [-0.15, -0.1) is 0 Å². The number of ether oxygens (including phenoxy) is 3. The summed E-state index contributed by atoms with van der Waals surface area (Å²) in [6, 6.07) is 14.3. The summed E-state index contributed by atoms with van der Waals surface area (Å²) in [4.78, 5) is 37.9. The van der Waals surface area contributed by atoms with Gasteiger partial charge < -0.3 is 19.5 Å². The van der Waals surface area contributed by atoms with Gasteiger partial charge in [-0.05, 0) is 63.1 Å². The minimum absolute atomic E-state index is 0.196. The van der Waals surface area contributed by atoms with Crippen LogP contribution < -0.4 is 15.5 Å². The number of nitrogens with one attached hydrogen (secondary N) is 2. The lowest BCUT2D eigenvalue weighted by Crippen LogP contribution is -2.32. The molecule has 1 heterocycles. The summed E-state index contributed by atoms with van der Waals surface area (Å²) in [5.74, 6) is -1.71. The highest BCUT2D eigenvalue weighted by Gasteiger charge is 2.37. The van der Waals surface area contributed by atoms with Gasteiger partial charge in [0.2, 0.25) is 0 Å². The van der Waals surface area contributed by atoms with Crippen molar-refractivity contribution in [2.75, 3.05) is 19.8 Å². The van der Waals surface area contributed by atoms with E-state index < -0.39 is 23.8 Å². The van der Waals surface area contributed by atoms with Crippen LogP contribution in [0.3, 0.4) is 0 Å². The van der Waals surface area contributed by atoms with Crippen molar-refractivity contribution >= 4 is 40.0 Å². The highest BCUT2D eigenvalue weighted by atomic mass is 79.9. The largest absolute Gasteiger partial charge is 0.484 e. The number of hydrogen-bond acceptors (Lipinski definition) is 8. The van der Waals surface area contributed by atoms with Crippen molar-refractivity contribution in [3.8, 4) is 5.75 Å². The van der Waals surface area contributed by atoms with Crippen molar-refractivity contribution in [1.29, 1.82) is 0 Å². The number of halogens is 1. The molecule has 2 aromatic carbocycles. The van der Waals surface area contributed by atoms with Crippen LogP contribution in [0.4, 0.5) is 0 Å². The number of esters is 2. The highest BCUT2D eigenvalue weighted by Crippen LogP contribution is 2.39. The van der Waals surface area contributed by atoms with Crippen LogP contribution in [0.25, 0.3) is 0 Å². The molecule has 3 rings (SSSR count). The Morgan fingerprint density at radius 3 is 2.00 bits per heavy atom. The molecule has 0 atom stereocenters. The fourth-order valence-corrected chi connectivity index (χ4v) is 4.22. The molecule has 0 aromatic heterocycles. The fourth-order valence-electron chi connectivity index (χ4n) is 3.95. The summed E-state index contributed by atoms with van der Waals surface area (Å²) in [6.45, 7) is 7.12. The molecular weight excluding hydrogens is 554 g/mol. The molecule has 1 aliphatic rings. The smallest absolute Gasteiger partial charge is 0.336 e. The number of allylic oxidation sites excluding steroid dienone is 2. The average Bonchev–Trinajstić information content (AvgIpc) is 2.88. The first-order chi connectivity index (χ1) is 18.2. The lowest BCUT2D eigenvalue weighted by molar-refractivity contribution is -0.139. The summed E-state index contributed by atoms with van der Waals surface area (Å²) in [6.07, 6.45) is 1.53. The van der Waals surface area contributed by atoms with Crippen molar-refractivity contribution in [2.45, 2.75) is 33.6 Å². The predicted octanol–water partition coefficient (Wildman–Crippen LogP) is 4.34. The second-order valence-corrected chi connectivity index (χ2v) is 9.19. The minimum atomic E-state index is -0.695. The summed E-state index contributed by atoms with van der Waals surface area (Å²) in [5.41, 5.74) is 5.78. The Labute approximate surface area is 230 Å². The molecule has 0 saturated heterocycles. The summed E-state index contributed by atoms with van der Waals surface area (Å²) < 4.78 is 17.1. The first-order valence-corrected chi connectivity index (χ1v) is 12.9. The van der Waals surface area contributed by atoms with E-state index in [0.29, 0.717) is 33.9 Å². The first-order valence-electron chi connectivity index (χ1n) is 12.1. The third kappa shape index (κ3) is 7.32. The Morgan fingerprint density at radius 2 is 1.47 bits per heavy atom. The monoisotopic (exact) mass is 583 g/mol. The summed E-state index contributed by atoms with van der Waals surface area (Å²) in [5, 5.41) is 7.04. The van der Waals surface area contributed by atoms with E-state index in [2.05, 4.69) is 31.8 Å². The second-order valence-electron chi connectivity index (χ2n) is 8.28. The van der Waals surface area contributed by atoms with E-state index in [4.69, 9.17) is 14.2 Å². The molecule has 38 heavy (non-hydrogen) atoms. The third-order valence-electron chi connectivity index (χ3n) is 5.61. The van der Waals surface area contributed by atoms with Crippen molar-refractivity contribution in [2.24, 2.45) is 5.10 Å². The van der Waals surface area contributed by atoms with Crippen LogP contribution in [0.5, 0.6) is 5.75 Å². The van der Waals surface area contributed by atoms with Gasteiger partial charge >= 0.3 is 11.9 Å². The molecule has 0 saturated carbocycles. The van der Waals surface area contributed by atoms with E-state index in [1.807, 2.05) is 24.3 Å². The minimum Gasteiger partial charge on any atom is -0.484 e. The van der Waals surface area contributed by atoms with E-state index in [9.17, 15) is 14.4 Å². The molecule has 0 bridgehead atoms. The second kappa shape index (κ2) is 13.6. The number of hydrazone groups is 1. The number of carbonyl (C=O) groups is 3. The number of hydrogen-bond donors (Lipinski definition) is 2. The zero-order valence-corrected chi connectivity index (χ0v) is 23.3. The molecule has 2 N–H and O–H groups in total. The molecule has 1 amide bonds. The van der Waals surface area contributed by atoms with Crippen LogP contribution in [-0.4, -0.2) is 43.9 Å². The van der Waals surface area contributed by atoms with Gasteiger partial charge in [0.25, 0.3) is 5.91 Å². The molecule has 0 unspecified atom stereocenters. The van der Waals surface area contributed by atoms with Crippen molar-refractivity contribution in [3.63, 3.8) is 0 Å². The molecule has 9 nitrogen and oxygen atoms in total. The Hall–Kier alpha value is -3.92. The third-order valence-corrected chi connectivity index (χ3v) is 6.14. The SMILES string of the molecule is CCOC(=O)C1=C(C)NC(C)=C(C(=O)OCC)C1c1ccc(OCC(=O)N/N=C/c2ccc(Br)cc2)cc1. The highest BCUT2D eigenvalue weighted by molar-refractivity contribution is 9.10. The number of carbonyl (C=O) groups excluding carboxylic acids is 3. The first kappa shape index (κ1) is 28.6. The Morgan fingerprint density at radius 1 is 0.921 bits per heavy atom. The van der Waals surface area contributed by atoms with Crippen molar-refractivity contribution < 1.29 is 28.6 Å². The zero-order chi connectivity index (χ0) is 27.7. The molecular formula is C28H30BrN3O6. The zero-order valence-electron chi connectivity index (χ0n) is 21.7. The Kier molecular flexibility index (Phi) is 10.2. The number of rotatable bonds is 10. The molecule has 2 aromatic rings. The number of amides is 1. The van der Waals surface area contributed by atoms with Gasteiger partial charge in [-0.25, -0.2) is 15.0 Å². The number of dihydropyridines is 1. The molecule has 0 spiro atoms. The van der Waals surface area contributed by atoms with E-state index in [-0.39, 0.29) is 19.8 Å². The molecule has 0 fully saturated rings. The molecule has 10 heteroatoms. The van der Waals surface area contributed by atoms with Crippen LogP contribution in [-0.2, 0) is 23.9 Å². The lowest BCUT2D eigenvalue weighted by Gasteiger charge is -2.30.